The second-order valence-electron chi connectivity index (χ2n) is 3.30. The molecule has 0 aromatic rings. The van der Waals surface area contributed by atoms with Crippen LogP contribution in [-0.2, 0) is 23.1 Å². The smallest absolute Gasteiger partial charge is 0.399 e. The summed E-state index contributed by atoms with van der Waals surface area (Å²) in [6, 6.07) is 0. The van der Waals surface area contributed by atoms with Gasteiger partial charge in [0.2, 0.25) is 0 Å². The van der Waals surface area contributed by atoms with Crippen molar-refractivity contribution in [3.05, 3.63) is 0 Å². The molecule has 0 unspecified atom stereocenters. The third kappa shape index (κ3) is 5.00. The Kier molecular flexibility index (Phi) is 7.59. The SMILES string of the molecule is CCOC(=O)CCC(F)(F)P(=O)(OCC)OCC. The van der Waals surface area contributed by atoms with E-state index in [1.807, 2.05) is 0 Å². The van der Waals surface area contributed by atoms with Gasteiger partial charge < -0.3 is 13.8 Å². The van der Waals surface area contributed by atoms with Crippen LogP contribution in [0.25, 0.3) is 0 Å². The highest BCUT2D eigenvalue weighted by Crippen LogP contribution is 2.63. The highest BCUT2D eigenvalue weighted by atomic mass is 31.2. The van der Waals surface area contributed by atoms with Crippen molar-refractivity contribution in [2.45, 2.75) is 39.3 Å². The molecular formula is C10H19F2O5P. The zero-order valence-electron chi connectivity index (χ0n) is 10.8. The third-order valence-corrected chi connectivity index (χ3v) is 4.16. The molecule has 0 atom stereocenters. The van der Waals surface area contributed by atoms with Crippen LogP contribution in [0.1, 0.15) is 33.6 Å². The summed E-state index contributed by atoms with van der Waals surface area (Å²) in [7, 11) is -4.54. The average Bonchev–Trinajstić information content (AvgIpc) is 2.27. The van der Waals surface area contributed by atoms with Crippen LogP contribution in [0.15, 0.2) is 0 Å². The molecule has 0 aliphatic carbocycles. The minimum Gasteiger partial charge on any atom is -0.466 e. The molecule has 0 amide bonds. The summed E-state index contributed by atoms with van der Waals surface area (Å²) >= 11 is 0. The van der Waals surface area contributed by atoms with Crippen LogP contribution in [0.5, 0.6) is 0 Å². The van der Waals surface area contributed by atoms with Crippen LogP contribution < -0.4 is 0 Å². The summed E-state index contributed by atoms with van der Waals surface area (Å²) in [4.78, 5) is 11.0. The molecule has 0 saturated heterocycles. The Bertz CT molecular complexity index is 299. The topological polar surface area (TPSA) is 61.8 Å². The first-order chi connectivity index (χ1) is 8.33. The number of halogens is 2. The van der Waals surface area contributed by atoms with Crippen LogP contribution >= 0.6 is 7.60 Å². The number of esters is 1. The maximum atomic E-state index is 13.7. The average molecular weight is 288 g/mol. The molecule has 0 fully saturated rings. The molecule has 0 aromatic carbocycles. The van der Waals surface area contributed by atoms with Crippen molar-refractivity contribution in [1.82, 2.24) is 0 Å². The summed E-state index contributed by atoms with van der Waals surface area (Å²) < 4.78 is 53.0. The molecule has 0 bridgehead atoms. The number of ether oxygens (including phenoxy) is 1. The van der Waals surface area contributed by atoms with E-state index in [1.54, 1.807) is 6.92 Å². The molecule has 0 spiro atoms. The molecular weight excluding hydrogens is 269 g/mol. The number of carbonyl (C=O) groups excluding carboxylic acids is 1. The molecule has 108 valence electrons. The predicted molar refractivity (Wildman–Crippen MR) is 61.7 cm³/mol. The van der Waals surface area contributed by atoms with E-state index in [2.05, 4.69) is 13.8 Å². The van der Waals surface area contributed by atoms with Gasteiger partial charge in [0.15, 0.2) is 0 Å². The quantitative estimate of drug-likeness (QED) is 0.481. The van der Waals surface area contributed by atoms with E-state index in [0.717, 1.165) is 0 Å². The molecule has 5 nitrogen and oxygen atoms in total. The second kappa shape index (κ2) is 7.81. The predicted octanol–water partition coefficient (Wildman–Crippen LogP) is 3.19. The van der Waals surface area contributed by atoms with Gasteiger partial charge in [0, 0.05) is 6.42 Å². The highest BCUT2D eigenvalue weighted by Gasteiger charge is 2.53. The monoisotopic (exact) mass is 288 g/mol. The Morgan fingerprint density at radius 2 is 1.61 bits per heavy atom. The fourth-order valence-electron chi connectivity index (χ4n) is 1.19. The van der Waals surface area contributed by atoms with Gasteiger partial charge in [-0.25, -0.2) is 0 Å². The van der Waals surface area contributed by atoms with E-state index >= 15 is 0 Å². The van der Waals surface area contributed by atoms with E-state index in [-0.39, 0.29) is 19.8 Å². The number of hydrogen-bond acceptors (Lipinski definition) is 5. The summed E-state index contributed by atoms with van der Waals surface area (Å²) in [6.45, 7) is 4.24. The molecule has 0 aliphatic heterocycles. The Labute approximate surface area is 105 Å². The zero-order chi connectivity index (χ0) is 14.2. The lowest BCUT2D eigenvalue weighted by Crippen LogP contribution is -2.22. The van der Waals surface area contributed by atoms with Crippen molar-refractivity contribution in [3.63, 3.8) is 0 Å². The zero-order valence-corrected chi connectivity index (χ0v) is 11.7. The van der Waals surface area contributed by atoms with Crippen molar-refractivity contribution in [3.8, 4) is 0 Å². The van der Waals surface area contributed by atoms with Gasteiger partial charge >= 0.3 is 19.2 Å². The van der Waals surface area contributed by atoms with E-state index in [4.69, 9.17) is 0 Å². The summed E-state index contributed by atoms with van der Waals surface area (Å²) in [5, 5.41) is 0. The van der Waals surface area contributed by atoms with Gasteiger partial charge in [-0.1, -0.05) is 0 Å². The molecule has 0 saturated carbocycles. The van der Waals surface area contributed by atoms with Gasteiger partial charge in [0.25, 0.3) is 0 Å². The highest BCUT2D eigenvalue weighted by molar-refractivity contribution is 7.55. The number of carbonyl (C=O) groups is 1. The summed E-state index contributed by atoms with van der Waals surface area (Å²) in [5.41, 5.74) is -3.70. The van der Waals surface area contributed by atoms with E-state index in [0.29, 0.717) is 0 Å². The van der Waals surface area contributed by atoms with E-state index in [1.165, 1.54) is 13.8 Å². The minimum absolute atomic E-state index is 0.110. The molecule has 18 heavy (non-hydrogen) atoms. The lowest BCUT2D eigenvalue weighted by atomic mass is 10.3. The third-order valence-electron chi connectivity index (χ3n) is 1.93. The lowest BCUT2D eigenvalue weighted by Gasteiger charge is -2.25. The Hall–Kier alpha value is -0.520. The standard InChI is InChI=1S/C10H19F2O5P/c1-4-15-9(13)7-8-10(11,12)18(14,16-5-2)17-6-3/h4-8H2,1-3H3. The normalized spacial score (nSPS) is 12.5. The van der Waals surface area contributed by atoms with Crippen LogP contribution in [0.4, 0.5) is 8.78 Å². The van der Waals surface area contributed by atoms with Gasteiger partial charge in [-0.15, -0.1) is 0 Å². The van der Waals surface area contributed by atoms with Crippen LogP contribution in [-0.4, -0.2) is 31.5 Å². The molecule has 0 aromatic heterocycles. The van der Waals surface area contributed by atoms with Gasteiger partial charge in [-0.2, -0.15) is 8.78 Å². The molecule has 0 rings (SSSR count). The fraction of sp³-hybridized carbons (Fsp3) is 0.900. The van der Waals surface area contributed by atoms with Crippen molar-refractivity contribution < 1.29 is 31.9 Å². The maximum absolute atomic E-state index is 13.7. The van der Waals surface area contributed by atoms with Crippen LogP contribution in [0, 0.1) is 0 Å². The molecule has 8 heteroatoms. The van der Waals surface area contributed by atoms with E-state index < -0.39 is 32.1 Å². The molecule has 0 N–H and O–H groups in total. The minimum atomic E-state index is -4.54. The van der Waals surface area contributed by atoms with Crippen molar-refractivity contribution >= 4 is 13.6 Å². The van der Waals surface area contributed by atoms with Crippen molar-refractivity contribution in [2.75, 3.05) is 19.8 Å². The first kappa shape index (κ1) is 17.5. The van der Waals surface area contributed by atoms with Gasteiger partial charge in [-0.05, 0) is 20.8 Å². The summed E-state index contributed by atoms with van der Waals surface area (Å²) in [6.07, 6.45) is -1.46. The van der Waals surface area contributed by atoms with Gasteiger partial charge in [0.05, 0.1) is 26.2 Å². The lowest BCUT2D eigenvalue weighted by molar-refractivity contribution is -0.144. The van der Waals surface area contributed by atoms with Gasteiger partial charge in [0.1, 0.15) is 0 Å². The second-order valence-corrected chi connectivity index (χ2v) is 5.47. The number of hydrogen-bond donors (Lipinski definition) is 0. The molecule has 0 aliphatic rings. The number of alkyl halides is 2. The molecule has 0 radical (unpaired) electrons. The molecule has 0 heterocycles. The first-order valence-electron chi connectivity index (χ1n) is 5.75. The largest absolute Gasteiger partial charge is 0.466 e. The fourth-order valence-corrected chi connectivity index (χ4v) is 2.71. The van der Waals surface area contributed by atoms with Crippen LogP contribution in [0.2, 0.25) is 0 Å². The van der Waals surface area contributed by atoms with Gasteiger partial charge in [-0.3, -0.25) is 9.36 Å². The van der Waals surface area contributed by atoms with Crippen molar-refractivity contribution in [2.24, 2.45) is 0 Å². The Morgan fingerprint density at radius 1 is 1.11 bits per heavy atom. The Morgan fingerprint density at radius 3 is 2.00 bits per heavy atom. The Balaban J connectivity index is 4.64. The first-order valence-corrected chi connectivity index (χ1v) is 7.29. The maximum Gasteiger partial charge on any atom is 0.399 e. The van der Waals surface area contributed by atoms with Crippen molar-refractivity contribution in [1.29, 1.82) is 0 Å². The van der Waals surface area contributed by atoms with E-state index in [9.17, 15) is 18.1 Å². The van der Waals surface area contributed by atoms with Crippen LogP contribution in [0.3, 0.4) is 0 Å². The summed E-state index contributed by atoms with van der Waals surface area (Å²) in [5.74, 6) is -0.767. The number of rotatable bonds is 9.